The van der Waals surface area contributed by atoms with Crippen LogP contribution in [0.3, 0.4) is 0 Å². The molecule has 2 atom stereocenters. The first-order chi connectivity index (χ1) is 9.32. The van der Waals surface area contributed by atoms with Gasteiger partial charge in [0.2, 0.25) is 0 Å². The first-order valence-electron chi connectivity index (χ1n) is 6.10. The number of hydrogen-bond acceptors (Lipinski definition) is 5. The number of aliphatic hydroxyl groups excluding tert-OH is 1. The molecule has 1 aromatic rings. The van der Waals surface area contributed by atoms with Crippen molar-refractivity contribution in [2.75, 3.05) is 6.54 Å². The zero-order valence-corrected chi connectivity index (χ0v) is 11.1. The largest absolute Gasteiger partial charge is 0.480 e. The average molecular weight is 281 g/mol. The fourth-order valence-electron chi connectivity index (χ4n) is 2.30. The highest BCUT2D eigenvalue weighted by Gasteiger charge is 2.40. The Kier molecular flexibility index (Phi) is 3.58. The van der Waals surface area contributed by atoms with Gasteiger partial charge in [-0.25, -0.2) is 9.89 Å². The second-order valence-corrected chi connectivity index (χ2v) is 4.84. The fourth-order valence-corrected chi connectivity index (χ4v) is 2.30. The summed E-state index contributed by atoms with van der Waals surface area (Å²) in [6.07, 6.45) is -0.940. The number of rotatable bonds is 2. The highest BCUT2D eigenvalue weighted by Crippen LogP contribution is 2.21. The summed E-state index contributed by atoms with van der Waals surface area (Å²) in [5.74, 6) is -1.90. The number of carbonyl (C=O) groups is 2. The summed E-state index contributed by atoms with van der Waals surface area (Å²) in [6.45, 7) is 3.11. The number of aliphatic carboxylic acids is 1. The van der Waals surface area contributed by atoms with Gasteiger partial charge in [-0.3, -0.25) is 9.59 Å². The van der Waals surface area contributed by atoms with Crippen molar-refractivity contribution in [3.63, 3.8) is 0 Å². The van der Waals surface area contributed by atoms with Crippen LogP contribution in [-0.2, 0) is 4.79 Å². The molecule has 0 radical (unpaired) electrons. The number of aliphatic hydroxyl groups is 1. The molecule has 8 nitrogen and oxygen atoms in total. The number of carboxylic acid groups (broad SMARTS) is 1. The number of nitrogens with zero attached hydrogens (tertiary/aromatic N) is 2. The van der Waals surface area contributed by atoms with Crippen LogP contribution < -0.4 is 5.56 Å². The first kappa shape index (κ1) is 14.2. The molecule has 8 heteroatoms. The standard InChI is InChI=1S/C12H15N3O5/c1-5-6(2)13-14-10(17)9(5)11(18)15-4-7(16)3-8(15)12(19)20/h7-8,16H,3-4H2,1-2H3,(H,14,17)(H,19,20)/t7-,8-/m0/s1. The van der Waals surface area contributed by atoms with Crippen LogP contribution in [0, 0.1) is 13.8 Å². The molecule has 1 amide bonds. The van der Waals surface area contributed by atoms with E-state index in [4.69, 9.17) is 5.11 Å². The number of aromatic nitrogens is 2. The SMILES string of the molecule is Cc1n[nH]c(=O)c(C(=O)N2C[C@@H](O)C[C@H]2C(=O)O)c1C. The highest BCUT2D eigenvalue weighted by atomic mass is 16.4. The number of likely N-dealkylation sites (tertiary alicyclic amines) is 1. The van der Waals surface area contributed by atoms with Crippen LogP contribution >= 0.6 is 0 Å². The first-order valence-corrected chi connectivity index (χ1v) is 6.10. The quantitative estimate of drug-likeness (QED) is 0.642. The van der Waals surface area contributed by atoms with Crippen LogP contribution in [0.1, 0.15) is 28.0 Å². The maximum atomic E-state index is 12.4. The van der Waals surface area contributed by atoms with Gasteiger partial charge in [0.1, 0.15) is 11.6 Å². The van der Waals surface area contributed by atoms with E-state index < -0.39 is 29.6 Å². The maximum absolute atomic E-state index is 12.4. The summed E-state index contributed by atoms with van der Waals surface area (Å²) in [4.78, 5) is 36.3. The maximum Gasteiger partial charge on any atom is 0.326 e. The lowest BCUT2D eigenvalue weighted by Crippen LogP contribution is -2.43. The average Bonchev–Trinajstić information content (AvgIpc) is 2.76. The summed E-state index contributed by atoms with van der Waals surface area (Å²) >= 11 is 0. The van der Waals surface area contributed by atoms with E-state index in [-0.39, 0.29) is 18.5 Å². The zero-order valence-electron chi connectivity index (χ0n) is 11.1. The molecule has 0 spiro atoms. The second-order valence-electron chi connectivity index (χ2n) is 4.84. The van der Waals surface area contributed by atoms with Crippen molar-refractivity contribution in [3.05, 3.63) is 27.2 Å². The third kappa shape index (κ3) is 2.29. The Bertz CT molecular complexity index is 624. The van der Waals surface area contributed by atoms with Crippen molar-refractivity contribution in [1.82, 2.24) is 15.1 Å². The van der Waals surface area contributed by atoms with Gasteiger partial charge in [-0.2, -0.15) is 5.10 Å². The van der Waals surface area contributed by atoms with E-state index in [2.05, 4.69) is 10.2 Å². The summed E-state index contributed by atoms with van der Waals surface area (Å²) in [5, 5.41) is 24.6. The van der Waals surface area contributed by atoms with Gasteiger partial charge in [-0.1, -0.05) is 0 Å². The van der Waals surface area contributed by atoms with E-state index in [1.807, 2.05) is 0 Å². The Morgan fingerprint density at radius 2 is 2.05 bits per heavy atom. The monoisotopic (exact) mass is 281 g/mol. The van der Waals surface area contributed by atoms with Crippen molar-refractivity contribution < 1.29 is 19.8 Å². The molecule has 1 fully saturated rings. The minimum Gasteiger partial charge on any atom is -0.480 e. The third-order valence-electron chi connectivity index (χ3n) is 3.51. The van der Waals surface area contributed by atoms with Crippen LogP contribution in [-0.4, -0.2) is 55.9 Å². The number of H-pyrrole nitrogens is 1. The van der Waals surface area contributed by atoms with Crippen molar-refractivity contribution >= 4 is 11.9 Å². The summed E-state index contributed by atoms with van der Waals surface area (Å²) in [5.41, 5.74) is 0.102. The van der Waals surface area contributed by atoms with E-state index in [0.717, 1.165) is 4.90 Å². The van der Waals surface area contributed by atoms with Crippen LogP contribution in [0.15, 0.2) is 4.79 Å². The molecule has 0 saturated carbocycles. The van der Waals surface area contributed by atoms with E-state index in [0.29, 0.717) is 11.3 Å². The number of aromatic amines is 1. The fraction of sp³-hybridized carbons (Fsp3) is 0.500. The predicted molar refractivity (Wildman–Crippen MR) is 67.4 cm³/mol. The normalized spacial score (nSPS) is 22.1. The number of amides is 1. The van der Waals surface area contributed by atoms with E-state index in [1.54, 1.807) is 13.8 Å². The lowest BCUT2D eigenvalue weighted by molar-refractivity contribution is -0.141. The van der Waals surface area contributed by atoms with Gasteiger partial charge in [0.05, 0.1) is 11.8 Å². The van der Waals surface area contributed by atoms with Crippen LogP contribution in [0.5, 0.6) is 0 Å². The molecule has 0 bridgehead atoms. The van der Waals surface area contributed by atoms with Gasteiger partial charge in [-0.15, -0.1) is 0 Å². The number of hydrogen-bond donors (Lipinski definition) is 3. The lowest BCUT2D eigenvalue weighted by Gasteiger charge is -2.21. The van der Waals surface area contributed by atoms with Crippen molar-refractivity contribution in [3.8, 4) is 0 Å². The Hall–Kier alpha value is -2.22. The smallest absolute Gasteiger partial charge is 0.326 e. The van der Waals surface area contributed by atoms with Crippen LogP contribution in [0.2, 0.25) is 0 Å². The Balaban J connectivity index is 2.44. The third-order valence-corrected chi connectivity index (χ3v) is 3.51. The van der Waals surface area contributed by atoms with Gasteiger partial charge < -0.3 is 15.1 Å². The lowest BCUT2D eigenvalue weighted by atomic mass is 10.1. The predicted octanol–water partition coefficient (Wildman–Crippen LogP) is -0.953. The molecule has 108 valence electrons. The van der Waals surface area contributed by atoms with Crippen molar-refractivity contribution in [2.45, 2.75) is 32.4 Å². The number of nitrogens with one attached hydrogen (secondary N) is 1. The Morgan fingerprint density at radius 1 is 1.40 bits per heavy atom. The number of aryl methyl sites for hydroxylation is 1. The summed E-state index contributed by atoms with van der Waals surface area (Å²) < 4.78 is 0. The zero-order chi connectivity index (χ0) is 15.0. The Morgan fingerprint density at radius 3 is 2.65 bits per heavy atom. The minimum atomic E-state index is -1.20. The molecule has 1 aliphatic rings. The van der Waals surface area contributed by atoms with Crippen LogP contribution in [0.25, 0.3) is 0 Å². The van der Waals surface area contributed by atoms with Crippen molar-refractivity contribution in [2.24, 2.45) is 0 Å². The van der Waals surface area contributed by atoms with Crippen molar-refractivity contribution in [1.29, 1.82) is 0 Å². The molecule has 2 rings (SSSR count). The summed E-state index contributed by atoms with van der Waals surface area (Å²) in [6, 6.07) is -1.12. The molecule has 20 heavy (non-hydrogen) atoms. The molecular formula is C12H15N3O5. The molecule has 2 heterocycles. The molecule has 1 saturated heterocycles. The molecule has 0 aromatic carbocycles. The van der Waals surface area contributed by atoms with E-state index in [9.17, 15) is 19.5 Å². The van der Waals surface area contributed by atoms with Gasteiger partial charge in [0, 0.05) is 13.0 Å². The molecule has 1 aromatic heterocycles. The van der Waals surface area contributed by atoms with E-state index >= 15 is 0 Å². The van der Waals surface area contributed by atoms with Crippen LogP contribution in [0.4, 0.5) is 0 Å². The van der Waals surface area contributed by atoms with Gasteiger partial charge in [0.15, 0.2) is 0 Å². The summed E-state index contributed by atoms with van der Waals surface area (Å²) in [7, 11) is 0. The van der Waals surface area contributed by atoms with Gasteiger partial charge in [0.25, 0.3) is 11.5 Å². The van der Waals surface area contributed by atoms with Gasteiger partial charge in [-0.05, 0) is 19.4 Å². The van der Waals surface area contributed by atoms with Gasteiger partial charge >= 0.3 is 5.97 Å². The minimum absolute atomic E-state index is 0.0396. The van der Waals surface area contributed by atoms with E-state index in [1.165, 1.54) is 0 Å². The highest BCUT2D eigenvalue weighted by molar-refractivity contribution is 5.98. The topological polar surface area (TPSA) is 124 Å². The molecular weight excluding hydrogens is 266 g/mol. The second kappa shape index (κ2) is 5.04. The molecule has 0 unspecified atom stereocenters. The number of carboxylic acids is 1. The number of carbonyl (C=O) groups excluding carboxylic acids is 1. The Labute approximate surface area is 114 Å². The molecule has 1 aliphatic heterocycles. The number of β-amino-alcohol motifs (C(OH)–C–C–N with tert-alkyl or cyclic N) is 1. The molecule has 0 aliphatic carbocycles. The molecule has 3 N–H and O–H groups in total.